The minimum absolute atomic E-state index is 0.647. The highest BCUT2D eigenvalue weighted by molar-refractivity contribution is 5.68. The van der Waals surface area contributed by atoms with E-state index in [0.717, 1.165) is 12.2 Å². The lowest BCUT2D eigenvalue weighted by molar-refractivity contribution is 0.194. The second kappa shape index (κ2) is 6.05. The van der Waals surface area contributed by atoms with E-state index >= 15 is 0 Å². The van der Waals surface area contributed by atoms with Gasteiger partial charge in [-0.1, -0.05) is 6.42 Å². The minimum atomic E-state index is 0.647. The van der Waals surface area contributed by atoms with E-state index in [1.54, 1.807) is 0 Å². The SMILES string of the molecule is CN(C)c1ccncc1NCC1CCCCN1C. The number of aromatic nitrogens is 1. The van der Waals surface area contributed by atoms with Gasteiger partial charge in [0.1, 0.15) is 0 Å². The zero-order valence-corrected chi connectivity index (χ0v) is 11.7. The average Bonchev–Trinajstić information content (AvgIpc) is 2.38. The van der Waals surface area contributed by atoms with Gasteiger partial charge >= 0.3 is 0 Å². The molecule has 2 heterocycles. The van der Waals surface area contributed by atoms with Crippen LogP contribution >= 0.6 is 0 Å². The van der Waals surface area contributed by atoms with Gasteiger partial charge in [0.2, 0.25) is 0 Å². The number of nitrogens with one attached hydrogen (secondary N) is 1. The van der Waals surface area contributed by atoms with Gasteiger partial charge in [-0.3, -0.25) is 4.98 Å². The average molecular weight is 248 g/mol. The van der Waals surface area contributed by atoms with Crippen molar-refractivity contribution in [3.63, 3.8) is 0 Å². The van der Waals surface area contributed by atoms with Gasteiger partial charge in [-0.25, -0.2) is 0 Å². The zero-order valence-electron chi connectivity index (χ0n) is 11.7. The summed E-state index contributed by atoms with van der Waals surface area (Å²) >= 11 is 0. The number of pyridine rings is 1. The number of rotatable bonds is 4. The molecular weight excluding hydrogens is 224 g/mol. The largest absolute Gasteiger partial charge is 0.381 e. The Balaban J connectivity index is 1.97. The Bertz CT molecular complexity index is 378. The summed E-state index contributed by atoms with van der Waals surface area (Å²) in [5.41, 5.74) is 2.32. The molecular formula is C14H24N4. The van der Waals surface area contributed by atoms with Gasteiger partial charge in [0, 0.05) is 32.9 Å². The van der Waals surface area contributed by atoms with Crippen molar-refractivity contribution in [2.75, 3.05) is 44.4 Å². The van der Waals surface area contributed by atoms with Crippen molar-refractivity contribution in [2.45, 2.75) is 25.3 Å². The molecule has 4 nitrogen and oxygen atoms in total. The lowest BCUT2D eigenvalue weighted by atomic mass is 10.0. The minimum Gasteiger partial charge on any atom is -0.381 e. The maximum atomic E-state index is 4.21. The van der Waals surface area contributed by atoms with Crippen LogP contribution in [0.25, 0.3) is 0 Å². The first-order valence-electron chi connectivity index (χ1n) is 6.74. The van der Waals surface area contributed by atoms with Gasteiger partial charge in [0.15, 0.2) is 0 Å². The monoisotopic (exact) mass is 248 g/mol. The molecule has 2 rings (SSSR count). The van der Waals surface area contributed by atoms with Crippen LogP contribution in [0.4, 0.5) is 11.4 Å². The molecule has 1 atom stereocenters. The molecule has 0 saturated carbocycles. The van der Waals surface area contributed by atoms with Gasteiger partial charge in [0.25, 0.3) is 0 Å². The number of hydrogen-bond acceptors (Lipinski definition) is 4. The predicted molar refractivity (Wildman–Crippen MR) is 77.3 cm³/mol. The van der Waals surface area contributed by atoms with Crippen LogP contribution in [0.1, 0.15) is 19.3 Å². The Kier molecular flexibility index (Phi) is 4.42. The number of hydrogen-bond donors (Lipinski definition) is 1. The van der Waals surface area contributed by atoms with Gasteiger partial charge in [-0.15, -0.1) is 0 Å². The highest BCUT2D eigenvalue weighted by Crippen LogP contribution is 2.23. The van der Waals surface area contributed by atoms with Crippen LogP contribution in [0, 0.1) is 0 Å². The summed E-state index contributed by atoms with van der Waals surface area (Å²) in [6, 6.07) is 2.70. The Labute approximate surface area is 110 Å². The van der Waals surface area contributed by atoms with Crippen LogP contribution in [-0.4, -0.2) is 50.2 Å². The second-order valence-corrected chi connectivity index (χ2v) is 5.30. The topological polar surface area (TPSA) is 31.4 Å². The molecule has 0 bridgehead atoms. The van der Waals surface area contributed by atoms with Crippen LogP contribution in [0.3, 0.4) is 0 Å². The predicted octanol–water partition coefficient (Wildman–Crippen LogP) is 2.04. The third-order valence-corrected chi connectivity index (χ3v) is 3.73. The molecule has 0 aliphatic carbocycles. The van der Waals surface area contributed by atoms with E-state index in [2.05, 4.69) is 41.2 Å². The molecule has 0 amide bonds. The normalized spacial score (nSPS) is 20.7. The molecule has 1 aliphatic heterocycles. The fourth-order valence-corrected chi connectivity index (χ4v) is 2.54. The molecule has 1 N–H and O–H groups in total. The standard InChI is InChI=1S/C14H24N4/c1-17(2)14-7-8-15-11-13(14)16-10-12-6-4-5-9-18(12)3/h7-8,11-12,16H,4-6,9-10H2,1-3H3. The number of nitrogens with zero attached hydrogens (tertiary/aromatic N) is 3. The van der Waals surface area contributed by atoms with Gasteiger partial charge < -0.3 is 15.1 Å². The highest BCUT2D eigenvalue weighted by Gasteiger charge is 2.18. The van der Waals surface area contributed by atoms with Gasteiger partial charge in [0.05, 0.1) is 17.6 Å². The first-order chi connectivity index (χ1) is 8.68. The Morgan fingerprint density at radius 1 is 1.44 bits per heavy atom. The molecule has 4 heteroatoms. The zero-order chi connectivity index (χ0) is 13.0. The van der Waals surface area contributed by atoms with Crippen molar-refractivity contribution >= 4 is 11.4 Å². The molecule has 1 aromatic rings. The van der Waals surface area contributed by atoms with E-state index in [4.69, 9.17) is 0 Å². The second-order valence-electron chi connectivity index (χ2n) is 5.30. The van der Waals surface area contributed by atoms with E-state index in [1.165, 1.54) is 31.5 Å². The lowest BCUT2D eigenvalue weighted by Gasteiger charge is -2.33. The van der Waals surface area contributed by atoms with Crippen LogP contribution in [0.2, 0.25) is 0 Å². The number of piperidine rings is 1. The van der Waals surface area contributed by atoms with E-state index in [9.17, 15) is 0 Å². The third-order valence-electron chi connectivity index (χ3n) is 3.73. The number of anilines is 2. The van der Waals surface area contributed by atoms with Crippen molar-refractivity contribution in [1.82, 2.24) is 9.88 Å². The summed E-state index contributed by atoms with van der Waals surface area (Å²) in [7, 11) is 6.35. The van der Waals surface area contributed by atoms with Crippen LogP contribution in [-0.2, 0) is 0 Å². The van der Waals surface area contributed by atoms with Crippen molar-refractivity contribution in [3.8, 4) is 0 Å². The smallest absolute Gasteiger partial charge is 0.0764 e. The van der Waals surface area contributed by atoms with E-state index in [1.807, 2.05) is 18.5 Å². The Morgan fingerprint density at radius 3 is 3.00 bits per heavy atom. The molecule has 1 unspecified atom stereocenters. The first kappa shape index (κ1) is 13.1. The molecule has 100 valence electrons. The molecule has 0 radical (unpaired) electrons. The maximum Gasteiger partial charge on any atom is 0.0764 e. The summed E-state index contributed by atoms with van der Waals surface area (Å²) in [6.45, 7) is 2.23. The van der Waals surface area contributed by atoms with E-state index in [0.29, 0.717) is 6.04 Å². The molecule has 1 aliphatic rings. The van der Waals surface area contributed by atoms with Crippen molar-refractivity contribution in [3.05, 3.63) is 18.5 Å². The fourth-order valence-electron chi connectivity index (χ4n) is 2.54. The molecule has 1 aromatic heterocycles. The third kappa shape index (κ3) is 3.13. The summed E-state index contributed by atoms with van der Waals surface area (Å²) in [6.07, 6.45) is 7.74. The molecule has 18 heavy (non-hydrogen) atoms. The van der Waals surface area contributed by atoms with Gasteiger partial charge in [-0.05, 0) is 32.5 Å². The van der Waals surface area contributed by atoms with Crippen molar-refractivity contribution in [1.29, 1.82) is 0 Å². The Morgan fingerprint density at radius 2 is 2.28 bits per heavy atom. The van der Waals surface area contributed by atoms with Gasteiger partial charge in [-0.2, -0.15) is 0 Å². The molecule has 1 fully saturated rings. The lowest BCUT2D eigenvalue weighted by Crippen LogP contribution is -2.40. The van der Waals surface area contributed by atoms with Crippen molar-refractivity contribution in [2.24, 2.45) is 0 Å². The van der Waals surface area contributed by atoms with E-state index in [-0.39, 0.29) is 0 Å². The number of likely N-dealkylation sites (N-methyl/N-ethyl adjacent to an activating group) is 1. The Hall–Kier alpha value is -1.29. The molecule has 1 saturated heterocycles. The highest BCUT2D eigenvalue weighted by atomic mass is 15.2. The maximum absolute atomic E-state index is 4.21. The van der Waals surface area contributed by atoms with Crippen molar-refractivity contribution < 1.29 is 0 Å². The number of likely N-dealkylation sites (tertiary alicyclic amines) is 1. The molecule has 0 spiro atoms. The summed E-state index contributed by atoms with van der Waals surface area (Å²) < 4.78 is 0. The van der Waals surface area contributed by atoms with Crippen LogP contribution in [0.15, 0.2) is 18.5 Å². The molecule has 0 aromatic carbocycles. The van der Waals surface area contributed by atoms with Crippen LogP contribution < -0.4 is 10.2 Å². The first-order valence-corrected chi connectivity index (χ1v) is 6.74. The van der Waals surface area contributed by atoms with Crippen LogP contribution in [0.5, 0.6) is 0 Å². The van der Waals surface area contributed by atoms with E-state index < -0.39 is 0 Å². The summed E-state index contributed by atoms with van der Waals surface area (Å²) in [4.78, 5) is 8.79. The summed E-state index contributed by atoms with van der Waals surface area (Å²) in [5, 5.41) is 3.55. The quantitative estimate of drug-likeness (QED) is 0.883. The summed E-state index contributed by atoms with van der Waals surface area (Å²) in [5.74, 6) is 0. The fraction of sp³-hybridized carbons (Fsp3) is 0.643.